The summed E-state index contributed by atoms with van der Waals surface area (Å²) in [6.45, 7) is 1.72. The van der Waals surface area contributed by atoms with E-state index < -0.39 is 17.1 Å². The first-order valence-corrected chi connectivity index (χ1v) is 14.2. The summed E-state index contributed by atoms with van der Waals surface area (Å²) < 4.78 is 1.44. The lowest BCUT2D eigenvalue weighted by atomic mass is 9.87. The summed E-state index contributed by atoms with van der Waals surface area (Å²) in [4.78, 5) is 56.1. The molecule has 10 heteroatoms. The molecule has 6 rings (SSSR count). The molecule has 186 valence electrons. The number of hydrogen-bond donors (Lipinski definition) is 1. The minimum atomic E-state index is -0.688. The molecule has 0 aliphatic carbocycles. The van der Waals surface area contributed by atoms with Crippen LogP contribution in [0.2, 0.25) is 0 Å². The summed E-state index contributed by atoms with van der Waals surface area (Å²) in [5, 5.41) is 4.71. The molecule has 4 heterocycles. The number of anilines is 2. The van der Waals surface area contributed by atoms with Gasteiger partial charge in [0.05, 0.1) is 16.6 Å². The molecule has 1 saturated heterocycles. The minimum Gasteiger partial charge on any atom is -0.324 e. The van der Waals surface area contributed by atoms with Crippen LogP contribution in [0, 0.1) is 12.8 Å². The average Bonchev–Trinajstić information content (AvgIpc) is 3.59. The predicted molar refractivity (Wildman–Crippen MR) is 147 cm³/mol. The molecule has 37 heavy (non-hydrogen) atoms. The molecule has 2 aliphatic heterocycles. The third kappa shape index (κ3) is 4.05. The number of thiophene rings is 1. The average molecular weight is 548 g/mol. The minimum absolute atomic E-state index is 0.176. The van der Waals surface area contributed by atoms with Crippen LogP contribution < -0.4 is 15.1 Å². The van der Waals surface area contributed by atoms with E-state index in [9.17, 15) is 19.2 Å². The number of fused-ring (bicyclic) bond motifs is 2. The van der Waals surface area contributed by atoms with Crippen LogP contribution in [0.4, 0.5) is 11.4 Å². The van der Waals surface area contributed by atoms with Crippen molar-refractivity contribution in [1.82, 2.24) is 4.57 Å². The van der Waals surface area contributed by atoms with Crippen LogP contribution in [0.1, 0.15) is 21.2 Å². The zero-order valence-electron chi connectivity index (χ0n) is 19.6. The molecular weight excluding hydrogens is 527 g/mol. The number of aromatic nitrogens is 1. The number of thiazole rings is 1. The first-order chi connectivity index (χ1) is 17.9. The fourth-order valence-corrected chi connectivity index (χ4v) is 8.63. The van der Waals surface area contributed by atoms with E-state index in [-0.39, 0.29) is 29.1 Å². The molecule has 1 fully saturated rings. The predicted octanol–water partition coefficient (Wildman–Crippen LogP) is 4.71. The Hall–Kier alpha value is -3.47. The molecule has 7 nitrogen and oxygen atoms in total. The molecule has 3 amide bonds. The first-order valence-electron chi connectivity index (χ1n) is 11.7. The Kier molecular flexibility index (Phi) is 6.10. The maximum Gasteiger partial charge on any atom is 0.308 e. The van der Waals surface area contributed by atoms with Crippen LogP contribution in [0.25, 0.3) is 0 Å². The van der Waals surface area contributed by atoms with E-state index in [1.807, 2.05) is 54.8 Å². The number of rotatable bonds is 5. The summed E-state index contributed by atoms with van der Waals surface area (Å²) in [6.07, 6.45) is 0. The zero-order valence-corrected chi connectivity index (χ0v) is 22.1. The monoisotopic (exact) mass is 547 g/mol. The van der Waals surface area contributed by atoms with Crippen molar-refractivity contribution in [1.29, 1.82) is 0 Å². The lowest BCUT2D eigenvalue weighted by Crippen LogP contribution is -2.32. The second-order valence-corrected chi connectivity index (χ2v) is 12.0. The first kappa shape index (κ1) is 23.9. The third-order valence-corrected chi connectivity index (χ3v) is 10.2. The van der Waals surface area contributed by atoms with Gasteiger partial charge in [-0.05, 0) is 42.1 Å². The van der Waals surface area contributed by atoms with Gasteiger partial charge in [0.25, 0.3) is 0 Å². The van der Waals surface area contributed by atoms with E-state index in [1.165, 1.54) is 32.6 Å². The molecule has 3 unspecified atom stereocenters. The highest BCUT2D eigenvalue weighted by Gasteiger charge is 2.57. The topological polar surface area (TPSA) is 88.5 Å². The van der Waals surface area contributed by atoms with Crippen LogP contribution in [0.15, 0.2) is 81.9 Å². The van der Waals surface area contributed by atoms with Gasteiger partial charge < -0.3 is 5.32 Å². The number of carbonyl (C=O) groups excluding carboxylic acids is 3. The van der Waals surface area contributed by atoms with Crippen molar-refractivity contribution in [2.24, 2.45) is 5.92 Å². The van der Waals surface area contributed by atoms with Gasteiger partial charge in [0.2, 0.25) is 17.7 Å². The normalized spacial score (nSPS) is 20.6. The molecule has 4 aromatic rings. The molecule has 2 aromatic heterocycles. The van der Waals surface area contributed by atoms with E-state index in [4.69, 9.17) is 0 Å². The van der Waals surface area contributed by atoms with Gasteiger partial charge >= 0.3 is 4.87 Å². The van der Waals surface area contributed by atoms with Crippen molar-refractivity contribution >= 4 is 63.5 Å². The van der Waals surface area contributed by atoms with Crippen LogP contribution in [0.3, 0.4) is 0 Å². The Morgan fingerprint density at radius 3 is 2.43 bits per heavy atom. The third-order valence-electron chi connectivity index (χ3n) is 6.63. The van der Waals surface area contributed by atoms with Gasteiger partial charge in [0.15, 0.2) is 0 Å². The van der Waals surface area contributed by atoms with Crippen molar-refractivity contribution in [2.75, 3.05) is 10.2 Å². The van der Waals surface area contributed by atoms with E-state index in [0.717, 1.165) is 26.7 Å². The molecule has 0 radical (unpaired) electrons. The Labute approximate surface area is 224 Å². The van der Waals surface area contributed by atoms with Gasteiger partial charge in [-0.25, -0.2) is 4.90 Å². The van der Waals surface area contributed by atoms with Crippen molar-refractivity contribution in [2.45, 2.75) is 29.7 Å². The number of hydrogen-bond acceptors (Lipinski definition) is 7. The molecule has 2 aromatic carbocycles. The summed E-state index contributed by atoms with van der Waals surface area (Å²) in [6, 6.07) is 20.2. The quantitative estimate of drug-likeness (QED) is 0.366. The number of nitrogens with one attached hydrogen (secondary N) is 1. The highest BCUT2D eigenvalue weighted by Crippen LogP contribution is 2.54. The van der Waals surface area contributed by atoms with Gasteiger partial charge in [0, 0.05) is 21.4 Å². The Morgan fingerprint density at radius 2 is 1.70 bits per heavy atom. The Bertz CT molecular complexity index is 1580. The number of para-hydroxylation sites is 2. The largest absolute Gasteiger partial charge is 0.324 e. The molecule has 0 saturated carbocycles. The van der Waals surface area contributed by atoms with E-state index in [2.05, 4.69) is 5.32 Å². The Balaban J connectivity index is 1.39. The SMILES string of the molecule is Cc1ccccc1NC(=O)Cn1c2c(sc1=O)C(c1cccs1)C1C(=O)N(c3ccccc3)C(=O)C1S2. The maximum atomic E-state index is 13.7. The van der Waals surface area contributed by atoms with Crippen molar-refractivity contribution < 1.29 is 14.4 Å². The standard InChI is InChI=1S/C27H21N3O4S3/c1-15-8-5-6-11-17(15)28-19(31)14-29-26-23(37-27(29)34)20(18-12-7-13-35-18)21-22(36-26)25(33)30(24(21)32)16-9-3-2-4-10-16/h2-13,20-22H,14H2,1H3,(H,28,31). The zero-order chi connectivity index (χ0) is 25.7. The number of carbonyl (C=O) groups is 3. The highest BCUT2D eigenvalue weighted by molar-refractivity contribution is 8.00. The number of nitrogens with zero attached hydrogens (tertiary/aromatic N) is 2. The number of aryl methyl sites for hydroxylation is 1. The van der Waals surface area contributed by atoms with E-state index in [0.29, 0.717) is 16.4 Å². The highest BCUT2D eigenvalue weighted by atomic mass is 32.2. The van der Waals surface area contributed by atoms with Gasteiger partial charge in [-0.1, -0.05) is 65.6 Å². The van der Waals surface area contributed by atoms with Crippen LogP contribution >= 0.6 is 34.4 Å². The van der Waals surface area contributed by atoms with Gasteiger partial charge in [0.1, 0.15) is 11.8 Å². The summed E-state index contributed by atoms with van der Waals surface area (Å²) >= 11 is 3.78. The molecule has 2 aliphatic rings. The molecule has 3 atom stereocenters. The fourth-order valence-electron chi connectivity index (χ4n) is 4.91. The lowest BCUT2D eigenvalue weighted by Gasteiger charge is -2.29. The summed E-state index contributed by atoms with van der Waals surface area (Å²) in [7, 11) is 0. The molecule has 0 bridgehead atoms. The van der Waals surface area contributed by atoms with E-state index in [1.54, 1.807) is 24.3 Å². The summed E-state index contributed by atoms with van der Waals surface area (Å²) in [5.41, 5.74) is 2.14. The fraction of sp³-hybridized carbons (Fsp3) is 0.185. The smallest absolute Gasteiger partial charge is 0.308 e. The van der Waals surface area contributed by atoms with Crippen molar-refractivity contribution in [3.05, 3.63) is 97.1 Å². The van der Waals surface area contributed by atoms with E-state index >= 15 is 0 Å². The molecule has 0 spiro atoms. The lowest BCUT2D eigenvalue weighted by molar-refractivity contribution is -0.122. The van der Waals surface area contributed by atoms with Gasteiger partial charge in [-0.15, -0.1) is 11.3 Å². The van der Waals surface area contributed by atoms with Gasteiger partial charge in [-0.3, -0.25) is 23.7 Å². The molecule has 1 N–H and O–H groups in total. The number of imide groups is 1. The Morgan fingerprint density at radius 1 is 0.946 bits per heavy atom. The van der Waals surface area contributed by atoms with Crippen LogP contribution in [-0.4, -0.2) is 27.5 Å². The van der Waals surface area contributed by atoms with Crippen molar-refractivity contribution in [3.63, 3.8) is 0 Å². The number of amides is 3. The van der Waals surface area contributed by atoms with Gasteiger partial charge in [-0.2, -0.15) is 0 Å². The van der Waals surface area contributed by atoms with Crippen LogP contribution in [-0.2, 0) is 20.9 Å². The van der Waals surface area contributed by atoms with Crippen LogP contribution in [0.5, 0.6) is 0 Å². The van der Waals surface area contributed by atoms with Crippen molar-refractivity contribution in [3.8, 4) is 0 Å². The number of benzene rings is 2. The summed E-state index contributed by atoms with van der Waals surface area (Å²) in [5.74, 6) is -1.94. The molecular formula is C27H21N3O4S3. The maximum absolute atomic E-state index is 13.7. The second-order valence-electron chi connectivity index (χ2n) is 8.89. The number of thioether (sulfide) groups is 1. The second kappa shape index (κ2) is 9.44.